The van der Waals surface area contributed by atoms with E-state index in [1.54, 1.807) is 10.7 Å². The third kappa shape index (κ3) is 5.07. The number of amides is 1. The lowest BCUT2D eigenvalue weighted by molar-refractivity contribution is -0.119. The number of rotatable bonds is 6. The van der Waals surface area contributed by atoms with Crippen LogP contribution in [0.25, 0.3) is 5.82 Å². The highest BCUT2D eigenvalue weighted by molar-refractivity contribution is 7.89. The van der Waals surface area contributed by atoms with E-state index in [1.165, 1.54) is 36.5 Å². The number of nitrogens with one attached hydrogen (secondary N) is 1. The van der Waals surface area contributed by atoms with E-state index in [4.69, 9.17) is 9.88 Å². The molecule has 2 heterocycles. The summed E-state index contributed by atoms with van der Waals surface area (Å²) in [6.45, 7) is 3.24. The second kappa shape index (κ2) is 8.43. The molecule has 11 heteroatoms. The van der Waals surface area contributed by atoms with E-state index in [-0.39, 0.29) is 10.5 Å². The van der Waals surface area contributed by atoms with Crippen molar-refractivity contribution in [2.24, 2.45) is 5.14 Å². The van der Waals surface area contributed by atoms with Crippen LogP contribution in [0.2, 0.25) is 0 Å². The number of aromatic nitrogens is 3. The fraction of sp³-hybridized carbons (Fsp3) is 0.158. The van der Waals surface area contributed by atoms with E-state index in [0.717, 1.165) is 11.4 Å². The average Bonchev–Trinajstić information content (AvgIpc) is 3.04. The number of nitrogens with two attached hydrogens (primary N) is 1. The first-order chi connectivity index (χ1) is 14.1. The molecule has 0 spiro atoms. The summed E-state index contributed by atoms with van der Waals surface area (Å²) < 4.78 is 29.1. The minimum atomic E-state index is -3.82. The molecule has 0 aliphatic rings. The van der Waals surface area contributed by atoms with Crippen LogP contribution in [0.4, 0.5) is 5.69 Å². The molecule has 0 fully saturated rings. The molecular formula is C19H19N5O5S. The molecule has 0 radical (unpaired) electrons. The maximum Gasteiger partial charge on any atom is 0.340 e. The van der Waals surface area contributed by atoms with E-state index < -0.39 is 28.5 Å². The molecular weight excluding hydrogens is 410 g/mol. The molecule has 0 saturated heterocycles. The molecule has 0 saturated carbocycles. The Hall–Kier alpha value is -3.57. The molecule has 1 aromatic carbocycles. The molecule has 3 rings (SSSR count). The molecule has 2 aromatic heterocycles. The van der Waals surface area contributed by atoms with E-state index in [1.807, 2.05) is 19.9 Å². The van der Waals surface area contributed by atoms with Gasteiger partial charge in [0.15, 0.2) is 12.4 Å². The Morgan fingerprint density at radius 3 is 2.37 bits per heavy atom. The molecule has 1 amide bonds. The maximum atomic E-state index is 12.1. The zero-order valence-electron chi connectivity index (χ0n) is 16.2. The van der Waals surface area contributed by atoms with Crippen LogP contribution in [0.5, 0.6) is 0 Å². The summed E-state index contributed by atoms with van der Waals surface area (Å²) in [6, 6.07) is 10.3. The highest BCUT2D eigenvalue weighted by Crippen LogP contribution is 2.13. The van der Waals surface area contributed by atoms with Gasteiger partial charge in [-0.25, -0.2) is 28.0 Å². The van der Waals surface area contributed by atoms with E-state index in [0.29, 0.717) is 11.5 Å². The summed E-state index contributed by atoms with van der Waals surface area (Å²) in [5.41, 5.74) is 2.28. The summed E-state index contributed by atoms with van der Waals surface area (Å²) in [4.78, 5) is 28.2. The first-order valence-corrected chi connectivity index (χ1v) is 10.3. The molecule has 10 nitrogen and oxygen atoms in total. The van der Waals surface area contributed by atoms with Crippen molar-refractivity contribution in [2.45, 2.75) is 18.7 Å². The molecule has 156 valence electrons. The number of esters is 1. The van der Waals surface area contributed by atoms with Crippen LogP contribution in [-0.4, -0.2) is 41.7 Å². The normalized spacial score (nSPS) is 11.2. The monoisotopic (exact) mass is 429 g/mol. The van der Waals surface area contributed by atoms with Crippen molar-refractivity contribution in [3.05, 3.63) is 65.6 Å². The Kier molecular flexibility index (Phi) is 5.94. The molecule has 0 aliphatic heterocycles. The Morgan fingerprint density at radius 2 is 1.83 bits per heavy atom. The molecule has 0 aliphatic carbocycles. The SMILES string of the molecule is Cc1cc(C)n(-c2ccc(C(=O)OCC(=O)Nc3ccc(S(N)(=O)=O)cc3)cn2)n1. The van der Waals surface area contributed by atoms with Crippen molar-refractivity contribution in [1.82, 2.24) is 14.8 Å². The van der Waals surface area contributed by atoms with Gasteiger partial charge in [0.25, 0.3) is 5.91 Å². The van der Waals surface area contributed by atoms with Gasteiger partial charge in [-0.1, -0.05) is 0 Å². The number of hydrogen-bond donors (Lipinski definition) is 2. The lowest BCUT2D eigenvalue weighted by Crippen LogP contribution is -2.21. The number of anilines is 1. The van der Waals surface area contributed by atoms with Gasteiger partial charge in [-0.3, -0.25) is 4.79 Å². The summed E-state index contributed by atoms with van der Waals surface area (Å²) in [7, 11) is -3.82. The zero-order chi connectivity index (χ0) is 21.9. The van der Waals surface area contributed by atoms with Crippen LogP contribution in [0, 0.1) is 13.8 Å². The first-order valence-electron chi connectivity index (χ1n) is 8.73. The lowest BCUT2D eigenvalue weighted by atomic mass is 10.3. The maximum absolute atomic E-state index is 12.1. The number of benzene rings is 1. The Morgan fingerprint density at radius 1 is 1.13 bits per heavy atom. The average molecular weight is 429 g/mol. The Balaban J connectivity index is 1.56. The van der Waals surface area contributed by atoms with Crippen LogP contribution in [0.3, 0.4) is 0 Å². The van der Waals surface area contributed by atoms with Crippen LogP contribution < -0.4 is 10.5 Å². The summed E-state index contributed by atoms with van der Waals surface area (Å²) in [5.74, 6) is -0.737. The minimum absolute atomic E-state index is 0.0802. The summed E-state index contributed by atoms with van der Waals surface area (Å²) in [5, 5.41) is 11.8. The number of nitrogens with zero attached hydrogens (tertiary/aromatic N) is 3. The number of pyridine rings is 1. The standard InChI is InChI=1S/C19H19N5O5S/c1-12-9-13(2)24(23-12)17-8-3-14(10-21-17)19(26)29-11-18(25)22-15-4-6-16(7-5-15)30(20,27)28/h3-10H,11H2,1-2H3,(H,22,25)(H2,20,27,28). The molecule has 3 aromatic rings. The molecule has 0 bridgehead atoms. The number of aryl methyl sites for hydroxylation is 2. The van der Waals surface area contributed by atoms with Gasteiger partial charge in [-0.2, -0.15) is 5.10 Å². The topological polar surface area (TPSA) is 146 Å². The second-order valence-electron chi connectivity index (χ2n) is 6.44. The predicted molar refractivity (Wildman–Crippen MR) is 108 cm³/mol. The highest BCUT2D eigenvalue weighted by atomic mass is 32.2. The summed E-state index contributed by atoms with van der Waals surface area (Å²) in [6.07, 6.45) is 1.35. The van der Waals surface area contributed by atoms with Gasteiger partial charge in [0, 0.05) is 17.6 Å². The summed E-state index contributed by atoms with van der Waals surface area (Å²) >= 11 is 0. The van der Waals surface area contributed by atoms with Gasteiger partial charge in [-0.15, -0.1) is 0 Å². The second-order valence-corrected chi connectivity index (χ2v) is 8.00. The third-order valence-corrected chi connectivity index (χ3v) is 4.94. The van der Waals surface area contributed by atoms with Gasteiger partial charge >= 0.3 is 5.97 Å². The zero-order valence-corrected chi connectivity index (χ0v) is 17.0. The minimum Gasteiger partial charge on any atom is -0.452 e. The number of primary sulfonamides is 1. The van der Waals surface area contributed by atoms with Gasteiger partial charge < -0.3 is 10.1 Å². The first kappa shape index (κ1) is 21.1. The van der Waals surface area contributed by atoms with Gasteiger partial charge in [0.2, 0.25) is 10.0 Å². The van der Waals surface area contributed by atoms with Crippen LogP contribution in [0.1, 0.15) is 21.7 Å². The Bertz CT molecular complexity index is 1190. The van der Waals surface area contributed by atoms with E-state index >= 15 is 0 Å². The number of carbonyl (C=O) groups excluding carboxylic acids is 2. The van der Waals surface area contributed by atoms with Gasteiger partial charge in [0.05, 0.1) is 16.2 Å². The molecule has 0 atom stereocenters. The van der Waals surface area contributed by atoms with Crippen molar-refractivity contribution in [3.63, 3.8) is 0 Å². The largest absolute Gasteiger partial charge is 0.452 e. The number of ether oxygens (including phenoxy) is 1. The van der Waals surface area contributed by atoms with Crippen LogP contribution in [0.15, 0.2) is 53.6 Å². The van der Waals surface area contributed by atoms with Crippen molar-refractivity contribution < 1.29 is 22.7 Å². The Labute approximate surface area is 172 Å². The highest BCUT2D eigenvalue weighted by Gasteiger charge is 2.13. The number of hydrogen-bond acceptors (Lipinski definition) is 7. The van der Waals surface area contributed by atoms with Crippen LogP contribution in [-0.2, 0) is 19.6 Å². The van der Waals surface area contributed by atoms with Crippen molar-refractivity contribution in [3.8, 4) is 5.82 Å². The number of sulfonamides is 1. The van der Waals surface area contributed by atoms with Gasteiger partial charge in [0.1, 0.15) is 0 Å². The van der Waals surface area contributed by atoms with E-state index in [9.17, 15) is 18.0 Å². The van der Waals surface area contributed by atoms with E-state index in [2.05, 4.69) is 15.4 Å². The molecule has 0 unspecified atom stereocenters. The van der Waals surface area contributed by atoms with Crippen molar-refractivity contribution >= 4 is 27.6 Å². The fourth-order valence-electron chi connectivity index (χ4n) is 2.63. The third-order valence-electron chi connectivity index (χ3n) is 4.01. The molecule has 3 N–H and O–H groups in total. The molecule has 30 heavy (non-hydrogen) atoms. The van der Waals surface area contributed by atoms with Gasteiger partial charge in [-0.05, 0) is 56.3 Å². The van der Waals surface area contributed by atoms with Crippen molar-refractivity contribution in [1.29, 1.82) is 0 Å². The quantitative estimate of drug-likeness (QED) is 0.562. The lowest BCUT2D eigenvalue weighted by Gasteiger charge is -2.08. The van der Waals surface area contributed by atoms with Crippen LogP contribution >= 0.6 is 0 Å². The number of carbonyl (C=O) groups is 2. The smallest absolute Gasteiger partial charge is 0.340 e. The fourth-order valence-corrected chi connectivity index (χ4v) is 3.15. The predicted octanol–water partition coefficient (Wildman–Crippen LogP) is 1.33. The van der Waals surface area contributed by atoms with Crippen molar-refractivity contribution in [2.75, 3.05) is 11.9 Å².